The van der Waals surface area contributed by atoms with E-state index >= 15 is 0 Å². The van der Waals surface area contributed by atoms with Crippen molar-refractivity contribution in [1.29, 1.82) is 0 Å². The van der Waals surface area contributed by atoms with Gasteiger partial charge in [0.1, 0.15) is 0 Å². The van der Waals surface area contributed by atoms with Crippen molar-refractivity contribution in [3.8, 4) is 0 Å². The van der Waals surface area contributed by atoms with Gasteiger partial charge < -0.3 is 15.9 Å². The normalized spacial score (nSPS) is 10.1. The lowest BCUT2D eigenvalue weighted by Gasteiger charge is -2.02. The van der Waals surface area contributed by atoms with Crippen LogP contribution >= 0.6 is 0 Å². The van der Waals surface area contributed by atoms with Crippen molar-refractivity contribution in [2.45, 2.75) is 64.8 Å². The summed E-state index contributed by atoms with van der Waals surface area (Å²) in [6, 6.07) is 16.6. The molecule has 0 fully saturated rings. The Morgan fingerprint density at radius 1 is 0.690 bits per heavy atom. The molecule has 2 rings (SSSR count). The monoisotopic (exact) mass is 399 g/mol. The second-order valence-electron chi connectivity index (χ2n) is 7.21. The van der Waals surface area contributed by atoms with E-state index in [9.17, 15) is 9.59 Å². The summed E-state index contributed by atoms with van der Waals surface area (Å²) < 4.78 is 0. The number of unbranched alkanes of at least 4 members (excludes halogenated alkanes) is 2. The van der Waals surface area contributed by atoms with E-state index in [1.807, 2.05) is 12.1 Å². The molecule has 2 aromatic rings. The van der Waals surface area contributed by atoms with Gasteiger partial charge in [0.05, 0.1) is 0 Å². The Hall–Kier alpha value is -2.66. The summed E-state index contributed by atoms with van der Waals surface area (Å²) >= 11 is 0. The Morgan fingerprint density at radius 3 is 1.45 bits per heavy atom. The first-order valence-electron chi connectivity index (χ1n) is 10.2. The van der Waals surface area contributed by atoms with Gasteiger partial charge in [-0.15, -0.1) is 0 Å². The average molecular weight is 400 g/mol. The topological polar surface area (TPSA) is 101 Å². The Kier molecular flexibility index (Phi) is 12.1. The maximum atomic E-state index is 10.3. The van der Waals surface area contributed by atoms with Gasteiger partial charge >= 0.3 is 11.9 Å². The molecule has 2 aromatic carbocycles. The molecule has 4 N–H and O–H groups in total. The largest absolute Gasteiger partial charge is 0.481 e. The molecule has 0 aliphatic rings. The van der Waals surface area contributed by atoms with Crippen molar-refractivity contribution in [3.05, 3.63) is 70.8 Å². The van der Waals surface area contributed by atoms with Crippen molar-refractivity contribution in [2.75, 3.05) is 0 Å². The van der Waals surface area contributed by atoms with Crippen molar-refractivity contribution in [3.63, 3.8) is 0 Å². The second-order valence-corrected chi connectivity index (χ2v) is 7.21. The maximum Gasteiger partial charge on any atom is 0.303 e. The fourth-order valence-electron chi connectivity index (χ4n) is 2.81. The van der Waals surface area contributed by atoms with E-state index in [2.05, 4.69) is 43.3 Å². The fourth-order valence-corrected chi connectivity index (χ4v) is 2.81. The smallest absolute Gasteiger partial charge is 0.303 e. The van der Waals surface area contributed by atoms with Gasteiger partial charge in [0.15, 0.2) is 0 Å². The summed E-state index contributed by atoms with van der Waals surface area (Å²) in [5.41, 5.74) is 10.4. The Labute approximate surface area is 173 Å². The van der Waals surface area contributed by atoms with Crippen LogP contribution in [0.3, 0.4) is 0 Å². The number of nitrogens with two attached hydrogens (primary N) is 1. The number of aryl methyl sites for hydroxylation is 3. The molecule has 0 saturated carbocycles. The van der Waals surface area contributed by atoms with E-state index in [4.69, 9.17) is 15.9 Å². The summed E-state index contributed by atoms with van der Waals surface area (Å²) in [4.78, 5) is 20.5. The number of aliphatic carboxylic acids is 2. The van der Waals surface area contributed by atoms with Gasteiger partial charge in [-0.25, -0.2) is 0 Å². The number of hydrogen-bond acceptors (Lipinski definition) is 3. The van der Waals surface area contributed by atoms with Gasteiger partial charge in [-0.1, -0.05) is 54.1 Å². The number of hydrogen-bond donors (Lipinski definition) is 3. The molecule has 29 heavy (non-hydrogen) atoms. The van der Waals surface area contributed by atoms with E-state index in [1.165, 1.54) is 16.7 Å². The molecule has 0 aromatic heterocycles. The predicted octanol–water partition coefficient (Wildman–Crippen LogP) is 4.74. The molecule has 5 heteroatoms. The molecule has 0 aliphatic carbocycles. The molecule has 0 atom stereocenters. The standard InChI is InChI=1S/C12H17NO2.C12H16O2/c13-9-11-7-5-10(6-8-11)3-1-2-4-12(14)15;1-10-6-8-11(9-7-10)4-2-3-5-12(13)14/h5-8H,1-4,9,13H2,(H,14,15);6-9H,2-5H2,1H3,(H,13,14). The zero-order valence-electron chi connectivity index (χ0n) is 17.3. The minimum Gasteiger partial charge on any atom is -0.481 e. The summed E-state index contributed by atoms with van der Waals surface area (Å²) in [6.45, 7) is 2.63. The van der Waals surface area contributed by atoms with Crippen LogP contribution in [0.4, 0.5) is 0 Å². The molecule has 0 radical (unpaired) electrons. The minimum atomic E-state index is -0.714. The molecule has 0 amide bonds. The lowest BCUT2D eigenvalue weighted by Crippen LogP contribution is -1.97. The van der Waals surface area contributed by atoms with E-state index in [-0.39, 0.29) is 12.8 Å². The Bertz CT molecular complexity index is 724. The highest BCUT2D eigenvalue weighted by molar-refractivity contribution is 5.66. The van der Waals surface area contributed by atoms with Crippen molar-refractivity contribution in [1.82, 2.24) is 0 Å². The van der Waals surface area contributed by atoms with Crippen molar-refractivity contribution < 1.29 is 19.8 Å². The van der Waals surface area contributed by atoms with Gasteiger partial charge in [0.2, 0.25) is 0 Å². The molecule has 0 spiro atoms. The van der Waals surface area contributed by atoms with Crippen LogP contribution in [0.25, 0.3) is 0 Å². The van der Waals surface area contributed by atoms with Crippen molar-refractivity contribution >= 4 is 11.9 Å². The zero-order chi connectivity index (χ0) is 21.5. The van der Waals surface area contributed by atoms with Crippen molar-refractivity contribution in [2.24, 2.45) is 5.73 Å². The quantitative estimate of drug-likeness (QED) is 0.474. The van der Waals surface area contributed by atoms with Gasteiger partial charge in [-0.3, -0.25) is 9.59 Å². The summed E-state index contributed by atoms with van der Waals surface area (Å²) in [5, 5.41) is 16.9. The van der Waals surface area contributed by atoms with E-state index < -0.39 is 11.9 Å². The lowest BCUT2D eigenvalue weighted by molar-refractivity contribution is -0.138. The third kappa shape index (κ3) is 12.4. The highest BCUT2D eigenvalue weighted by Gasteiger charge is 1.98. The SMILES string of the molecule is Cc1ccc(CCCCC(=O)O)cc1.NCc1ccc(CCCCC(=O)O)cc1. The van der Waals surface area contributed by atoms with E-state index in [1.54, 1.807) is 0 Å². The van der Waals surface area contributed by atoms with Crippen LogP contribution in [0.1, 0.15) is 60.8 Å². The van der Waals surface area contributed by atoms with Crippen LogP contribution in [-0.4, -0.2) is 22.2 Å². The van der Waals surface area contributed by atoms with Gasteiger partial charge in [0, 0.05) is 19.4 Å². The molecular weight excluding hydrogens is 366 g/mol. The zero-order valence-corrected chi connectivity index (χ0v) is 17.3. The summed E-state index contributed by atoms with van der Waals surface area (Å²) in [7, 11) is 0. The fraction of sp³-hybridized carbons (Fsp3) is 0.417. The van der Waals surface area contributed by atoms with Crippen LogP contribution in [0.2, 0.25) is 0 Å². The highest BCUT2D eigenvalue weighted by Crippen LogP contribution is 2.09. The van der Waals surface area contributed by atoms with Crippen LogP contribution in [0.15, 0.2) is 48.5 Å². The first-order valence-corrected chi connectivity index (χ1v) is 10.2. The number of rotatable bonds is 11. The van der Waals surface area contributed by atoms with E-state index in [0.29, 0.717) is 6.54 Å². The van der Waals surface area contributed by atoms with Gasteiger partial charge in [-0.2, -0.15) is 0 Å². The van der Waals surface area contributed by atoms with E-state index in [0.717, 1.165) is 44.1 Å². The maximum absolute atomic E-state index is 10.3. The molecular formula is C24H33NO4. The number of benzene rings is 2. The summed E-state index contributed by atoms with van der Waals surface area (Å²) in [5.74, 6) is -1.41. The minimum absolute atomic E-state index is 0.265. The molecule has 0 unspecified atom stereocenters. The first-order chi connectivity index (χ1) is 13.9. The highest BCUT2D eigenvalue weighted by atomic mass is 16.4. The Balaban J connectivity index is 0.000000291. The lowest BCUT2D eigenvalue weighted by atomic mass is 10.1. The summed E-state index contributed by atoms with van der Waals surface area (Å²) in [6.07, 6.45) is 5.86. The molecule has 0 heterocycles. The van der Waals surface area contributed by atoms with Crippen LogP contribution in [0.5, 0.6) is 0 Å². The Morgan fingerprint density at radius 2 is 1.07 bits per heavy atom. The number of carboxylic acid groups (broad SMARTS) is 2. The second kappa shape index (κ2) is 14.4. The third-order valence-electron chi connectivity index (χ3n) is 4.59. The van der Waals surface area contributed by atoms with Crippen LogP contribution < -0.4 is 5.73 Å². The third-order valence-corrected chi connectivity index (χ3v) is 4.59. The van der Waals surface area contributed by atoms with Gasteiger partial charge in [0.25, 0.3) is 0 Å². The van der Waals surface area contributed by atoms with Crippen LogP contribution in [-0.2, 0) is 29.0 Å². The molecule has 0 saturated heterocycles. The predicted molar refractivity (Wildman–Crippen MR) is 116 cm³/mol. The molecule has 5 nitrogen and oxygen atoms in total. The molecule has 0 aliphatic heterocycles. The first kappa shape index (κ1) is 24.4. The average Bonchev–Trinajstić information content (AvgIpc) is 2.70. The van der Waals surface area contributed by atoms with Crippen LogP contribution in [0, 0.1) is 6.92 Å². The van der Waals surface area contributed by atoms with Gasteiger partial charge in [-0.05, 0) is 62.1 Å². The molecule has 158 valence electrons. The molecule has 0 bridgehead atoms. The number of carboxylic acids is 2. The number of carbonyl (C=O) groups is 2.